The number of halogens is 3. The molecule has 9 heteroatoms. The van der Waals surface area contributed by atoms with Crippen molar-refractivity contribution in [2.75, 3.05) is 7.05 Å². The van der Waals surface area contributed by atoms with E-state index in [1.54, 1.807) is 31.3 Å². The highest BCUT2D eigenvalue weighted by Crippen LogP contribution is 2.31. The van der Waals surface area contributed by atoms with E-state index in [-0.39, 0.29) is 10.9 Å². The maximum atomic E-state index is 13.2. The Morgan fingerprint density at radius 3 is 2.61 bits per heavy atom. The van der Waals surface area contributed by atoms with Crippen LogP contribution in [0.25, 0.3) is 11.3 Å². The molecule has 0 bridgehead atoms. The second-order valence-corrected chi connectivity index (χ2v) is 7.65. The number of rotatable bonds is 6. The van der Waals surface area contributed by atoms with Gasteiger partial charge in [0.25, 0.3) is 10.0 Å². The van der Waals surface area contributed by atoms with Crippen LogP contribution in [0, 0.1) is 0 Å². The highest BCUT2D eigenvalue weighted by atomic mass is 32.2. The number of benzene rings is 2. The van der Waals surface area contributed by atoms with Crippen molar-refractivity contribution in [3.63, 3.8) is 0 Å². The Kier molecular flexibility index (Phi) is 5.10. The number of aromatic nitrogens is 1. The van der Waals surface area contributed by atoms with Crippen molar-refractivity contribution in [3.8, 4) is 17.0 Å². The summed E-state index contributed by atoms with van der Waals surface area (Å²) >= 11 is 0. The number of nitrogens with zero attached hydrogens (tertiary/aromatic N) is 1. The molecular weight excluding hydrogens is 393 g/mol. The fourth-order valence-corrected chi connectivity index (χ4v) is 4.21. The quantitative estimate of drug-likeness (QED) is 0.666. The van der Waals surface area contributed by atoms with Gasteiger partial charge in [-0.25, -0.2) is 12.4 Å². The third kappa shape index (κ3) is 4.20. The van der Waals surface area contributed by atoms with Crippen LogP contribution < -0.4 is 10.1 Å². The maximum absolute atomic E-state index is 13.2. The molecule has 0 amide bonds. The lowest BCUT2D eigenvalue weighted by atomic mass is 10.1. The predicted molar refractivity (Wildman–Crippen MR) is 98.3 cm³/mol. The van der Waals surface area contributed by atoms with Crippen molar-refractivity contribution >= 4 is 10.0 Å². The molecule has 1 aromatic heterocycles. The first-order valence-corrected chi connectivity index (χ1v) is 9.59. The predicted octanol–water partition coefficient (Wildman–Crippen LogP) is 4.01. The highest BCUT2D eigenvalue weighted by molar-refractivity contribution is 7.90. The lowest BCUT2D eigenvalue weighted by molar-refractivity contribution is -0.274. The summed E-state index contributed by atoms with van der Waals surface area (Å²) in [7, 11) is -2.52. The van der Waals surface area contributed by atoms with Gasteiger partial charge >= 0.3 is 6.36 Å². The van der Waals surface area contributed by atoms with Gasteiger partial charge in [-0.15, -0.1) is 13.2 Å². The SMILES string of the molecule is [2H]c1cccc(-c2c(CNC)ccn2S(=O)(=O)c2cccc(OC(F)(F)F)c2)c1. The van der Waals surface area contributed by atoms with Gasteiger partial charge in [-0.2, -0.15) is 0 Å². The summed E-state index contributed by atoms with van der Waals surface area (Å²) in [4.78, 5) is -0.353. The molecule has 0 spiro atoms. The molecular formula is C19H17F3N2O3S. The van der Waals surface area contributed by atoms with Crippen molar-refractivity contribution < 1.29 is 27.7 Å². The number of alkyl halides is 3. The Balaban J connectivity index is 2.14. The van der Waals surface area contributed by atoms with Crippen LogP contribution in [-0.2, 0) is 16.6 Å². The summed E-state index contributed by atoms with van der Waals surface area (Å²) < 4.78 is 76.6. The van der Waals surface area contributed by atoms with Crippen LogP contribution in [-0.4, -0.2) is 25.8 Å². The standard InChI is InChI=1S/C19H17F3N2O3S/c1-23-13-15-10-11-24(18(15)14-6-3-2-4-7-14)28(25,26)17-9-5-8-16(12-17)27-19(20,21)22/h2-12,23H,13H2,1H3/i3D. The molecule has 0 saturated carbocycles. The van der Waals surface area contributed by atoms with E-state index >= 15 is 0 Å². The first-order valence-electron chi connectivity index (χ1n) is 8.65. The van der Waals surface area contributed by atoms with Crippen molar-refractivity contribution in [1.82, 2.24) is 9.29 Å². The first-order chi connectivity index (χ1) is 13.6. The molecule has 5 nitrogen and oxygen atoms in total. The second-order valence-electron chi connectivity index (χ2n) is 5.84. The molecule has 0 unspecified atom stereocenters. The van der Waals surface area contributed by atoms with E-state index in [0.29, 0.717) is 23.4 Å². The largest absolute Gasteiger partial charge is 0.573 e. The van der Waals surface area contributed by atoms with Gasteiger partial charge in [-0.05, 0) is 36.4 Å². The van der Waals surface area contributed by atoms with Crippen molar-refractivity contribution in [2.45, 2.75) is 17.8 Å². The summed E-state index contributed by atoms with van der Waals surface area (Å²) in [6.07, 6.45) is -3.60. The molecule has 3 aromatic rings. The summed E-state index contributed by atoms with van der Waals surface area (Å²) in [6, 6.07) is 12.4. The topological polar surface area (TPSA) is 60.3 Å². The molecule has 0 aliphatic carbocycles. The lowest BCUT2D eigenvalue weighted by Crippen LogP contribution is -2.18. The monoisotopic (exact) mass is 411 g/mol. The number of nitrogens with one attached hydrogen (secondary N) is 1. The van der Waals surface area contributed by atoms with E-state index in [1.165, 1.54) is 24.4 Å². The van der Waals surface area contributed by atoms with Crippen LogP contribution in [0.4, 0.5) is 13.2 Å². The fourth-order valence-electron chi connectivity index (χ4n) is 2.78. The van der Waals surface area contributed by atoms with Crippen LogP contribution in [0.1, 0.15) is 6.93 Å². The zero-order valence-corrected chi connectivity index (χ0v) is 15.5. The van der Waals surface area contributed by atoms with Gasteiger partial charge in [0, 0.05) is 18.8 Å². The summed E-state index contributed by atoms with van der Waals surface area (Å²) in [5.41, 5.74) is 1.49. The Morgan fingerprint density at radius 2 is 1.93 bits per heavy atom. The Hall–Kier alpha value is -2.78. The molecule has 2 aromatic carbocycles. The third-order valence-corrected chi connectivity index (χ3v) is 5.55. The van der Waals surface area contributed by atoms with Crippen LogP contribution in [0.2, 0.25) is 0 Å². The fraction of sp³-hybridized carbons (Fsp3) is 0.158. The summed E-state index contributed by atoms with van der Waals surface area (Å²) in [6.45, 7) is 0.358. The molecule has 0 aliphatic rings. The van der Waals surface area contributed by atoms with Gasteiger partial charge in [-0.1, -0.05) is 36.4 Å². The molecule has 148 valence electrons. The number of hydrogen-bond acceptors (Lipinski definition) is 4. The van der Waals surface area contributed by atoms with E-state index in [0.717, 1.165) is 16.1 Å². The van der Waals surface area contributed by atoms with E-state index in [1.807, 2.05) is 0 Å². The minimum atomic E-state index is -4.93. The van der Waals surface area contributed by atoms with Gasteiger partial charge < -0.3 is 10.1 Å². The minimum Gasteiger partial charge on any atom is -0.406 e. The van der Waals surface area contributed by atoms with Gasteiger partial charge in [0.1, 0.15) is 5.75 Å². The van der Waals surface area contributed by atoms with Crippen LogP contribution in [0.3, 0.4) is 0 Å². The Morgan fingerprint density at radius 1 is 1.14 bits per heavy atom. The Labute approximate surface area is 161 Å². The number of hydrogen-bond donors (Lipinski definition) is 1. The van der Waals surface area contributed by atoms with Crippen LogP contribution in [0.15, 0.2) is 71.7 Å². The minimum absolute atomic E-state index is 0.198. The molecule has 0 aliphatic heterocycles. The summed E-state index contributed by atoms with van der Waals surface area (Å²) in [5, 5.41) is 2.95. The molecule has 0 fully saturated rings. The maximum Gasteiger partial charge on any atom is 0.573 e. The van der Waals surface area contributed by atoms with Gasteiger partial charge in [0.05, 0.1) is 12.0 Å². The first kappa shape index (κ1) is 18.6. The average Bonchev–Trinajstić information content (AvgIpc) is 3.05. The molecule has 1 heterocycles. The zero-order chi connectivity index (χ0) is 21.2. The molecule has 0 radical (unpaired) electrons. The third-order valence-electron chi connectivity index (χ3n) is 3.88. The van der Waals surface area contributed by atoms with E-state index in [4.69, 9.17) is 1.37 Å². The Bertz CT molecular complexity index is 1130. The van der Waals surface area contributed by atoms with E-state index < -0.39 is 22.1 Å². The molecule has 1 N–H and O–H groups in total. The van der Waals surface area contributed by atoms with Crippen molar-refractivity contribution in [1.29, 1.82) is 0 Å². The highest BCUT2D eigenvalue weighted by Gasteiger charge is 2.32. The van der Waals surface area contributed by atoms with E-state index in [2.05, 4.69) is 10.1 Å². The van der Waals surface area contributed by atoms with Gasteiger partial charge in [-0.3, -0.25) is 0 Å². The van der Waals surface area contributed by atoms with Gasteiger partial charge in [0.15, 0.2) is 0 Å². The van der Waals surface area contributed by atoms with Crippen molar-refractivity contribution in [2.24, 2.45) is 0 Å². The van der Waals surface area contributed by atoms with E-state index in [9.17, 15) is 21.6 Å². The van der Waals surface area contributed by atoms with Gasteiger partial charge in [0.2, 0.25) is 0 Å². The smallest absolute Gasteiger partial charge is 0.406 e. The lowest BCUT2D eigenvalue weighted by Gasteiger charge is -2.14. The molecule has 0 saturated heterocycles. The molecule has 3 rings (SSSR count). The van der Waals surface area contributed by atoms with Crippen LogP contribution >= 0.6 is 0 Å². The van der Waals surface area contributed by atoms with Crippen LogP contribution in [0.5, 0.6) is 5.75 Å². The average molecular weight is 411 g/mol. The molecule has 28 heavy (non-hydrogen) atoms. The summed E-state index contributed by atoms with van der Waals surface area (Å²) in [5.74, 6) is -0.629. The molecule has 0 atom stereocenters. The zero-order valence-electron chi connectivity index (χ0n) is 15.7. The number of ether oxygens (including phenoxy) is 1. The second kappa shape index (κ2) is 7.69. The normalized spacial score (nSPS) is 12.6. The van der Waals surface area contributed by atoms with Crippen molar-refractivity contribution in [3.05, 3.63) is 72.4 Å².